The highest BCUT2D eigenvalue weighted by Crippen LogP contribution is 2.34. The maximum atomic E-state index is 12.8. The minimum absolute atomic E-state index is 0.203. The van der Waals surface area contributed by atoms with Crippen molar-refractivity contribution in [3.05, 3.63) is 65.0 Å². The van der Waals surface area contributed by atoms with Crippen LogP contribution in [0.5, 0.6) is 0 Å². The van der Waals surface area contributed by atoms with Crippen LogP contribution in [0.1, 0.15) is 45.8 Å². The molecule has 0 saturated carbocycles. The Kier molecular flexibility index (Phi) is 4.61. The van der Waals surface area contributed by atoms with Crippen molar-refractivity contribution in [3.8, 4) is 0 Å². The van der Waals surface area contributed by atoms with Gasteiger partial charge in [-0.15, -0.1) is 0 Å². The lowest BCUT2D eigenvalue weighted by Crippen LogP contribution is -2.38. The van der Waals surface area contributed by atoms with Crippen molar-refractivity contribution in [2.24, 2.45) is 0 Å². The van der Waals surface area contributed by atoms with Crippen molar-refractivity contribution >= 4 is 16.9 Å². The Morgan fingerprint density at radius 1 is 1.21 bits per heavy atom. The lowest BCUT2D eigenvalue weighted by atomic mass is 9.89. The van der Waals surface area contributed by atoms with Gasteiger partial charge in [-0.25, -0.2) is 4.98 Å². The van der Waals surface area contributed by atoms with Crippen LogP contribution in [0.15, 0.2) is 42.7 Å². The number of pyridine rings is 1. The number of rotatable bonds is 2. The SMILES string of the molecule is Cc1cc(C(F)(F)F)ccc1C(=O)N1CCC(c2c[nH]c3ncccc23)CC1. The molecule has 0 unspecified atom stereocenters. The van der Waals surface area contributed by atoms with E-state index in [1.54, 1.807) is 18.0 Å². The van der Waals surface area contributed by atoms with E-state index in [1.165, 1.54) is 11.6 Å². The average molecular weight is 387 g/mol. The van der Waals surface area contributed by atoms with Crippen LogP contribution >= 0.6 is 0 Å². The molecule has 1 fully saturated rings. The van der Waals surface area contributed by atoms with E-state index in [0.29, 0.717) is 30.1 Å². The molecule has 1 saturated heterocycles. The van der Waals surface area contributed by atoms with E-state index in [4.69, 9.17) is 0 Å². The van der Waals surface area contributed by atoms with Crippen LogP contribution < -0.4 is 0 Å². The van der Waals surface area contributed by atoms with Crippen LogP contribution in [0, 0.1) is 6.92 Å². The molecule has 0 spiro atoms. The molecule has 146 valence electrons. The topological polar surface area (TPSA) is 49.0 Å². The van der Waals surface area contributed by atoms with Crippen molar-refractivity contribution in [1.82, 2.24) is 14.9 Å². The summed E-state index contributed by atoms with van der Waals surface area (Å²) in [5.74, 6) is 0.126. The van der Waals surface area contributed by atoms with Gasteiger partial charge in [-0.3, -0.25) is 4.79 Å². The van der Waals surface area contributed by atoms with E-state index in [-0.39, 0.29) is 5.91 Å². The number of H-pyrrole nitrogens is 1. The first-order valence-corrected chi connectivity index (χ1v) is 9.23. The molecule has 2 aromatic heterocycles. The summed E-state index contributed by atoms with van der Waals surface area (Å²) in [6.45, 7) is 2.71. The van der Waals surface area contributed by atoms with E-state index in [9.17, 15) is 18.0 Å². The molecule has 28 heavy (non-hydrogen) atoms. The number of nitrogens with one attached hydrogen (secondary N) is 1. The highest BCUT2D eigenvalue weighted by Gasteiger charge is 2.32. The summed E-state index contributed by atoms with van der Waals surface area (Å²) in [6.07, 6.45) is 0.954. The van der Waals surface area contributed by atoms with E-state index >= 15 is 0 Å². The number of likely N-dealkylation sites (tertiary alicyclic amines) is 1. The lowest BCUT2D eigenvalue weighted by Gasteiger charge is -2.32. The predicted octanol–water partition coefficient (Wildman–Crippen LogP) is 4.91. The third-order valence-electron chi connectivity index (χ3n) is 5.49. The Morgan fingerprint density at radius 3 is 2.64 bits per heavy atom. The molecule has 0 atom stereocenters. The first-order valence-electron chi connectivity index (χ1n) is 9.23. The van der Waals surface area contributed by atoms with Gasteiger partial charge in [-0.2, -0.15) is 13.2 Å². The van der Waals surface area contributed by atoms with E-state index in [1.807, 2.05) is 18.3 Å². The van der Waals surface area contributed by atoms with Gasteiger partial charge < -0.3 is 9.88 Å². The molecule has 1 aliphatic rings. The maximum Gasteiger partial charge on any atom is 0.416 e. The summed E-state index contributed by atoms with van der Waals surface area (Å²) in [5.41, 5.74) is 2.03. The van der Waals surface area contributed by atoms with Crippen molar-refractivity contribution in [3.63, 3.8) is 0 Å². The highest BCUT2D eigenvalue weighted by molar-refractivity contribution is 5.95. The first kappa shape index (κ1) is 18.5. The molecular weight excluding hydrogens is 367 g/mol. The number of aromatic nitrogens is 2. The Bertz CT molecular complexity index is 1020. The number of hydrogen-bond donors (Lipinski definition) is 1. The van der Waals surface area contributed by atoms with Gasteiger partial charge >= 0.3 is 6.18 Å². The zero-order valence-electron chi connectivity index (χ0n) is 15.4. The number of alkyl halides is 3. The van der Waals surface area contributed by atoms with Gasteiger partial charge in [0.05, 0.1) is 5.56 Å². The number of amides is 1. The van der Waals surface area contributed by atoms with Crippen LogP contribution in [-0.2, 0) is 6.18 Å². The molecule has 1 aliphatic heterocycles. The van der Waals surface area contributed by atoms with Gasteiger partial charge in [0, 0.05) is 36.4 Å². The summed E-state index contributed by atoms with van der Waals surface area (Å²) in [4.78, 5) is 22.1. The summed E-state index contributed by atoms with van der Waals surface area (Å²) in [7, 11) is 0. The second kappa shape index (κ2) is 6.96. The highest BCUT2D eigenvalue weighted by atomic mass is 19.4. The van der Waals surface area contributed by atoms with Crippen LogP contribution in [0.4, 0.5) is 13.2 Å². The molecule has 7 heteroatoms. The van der Waals surface area contributed by atoms with E-state index in [2.05, 4.69) is 9.97 Å². The number of piperidine rings is 1. The molecule has 1 aromatic carbocycles. The second-order valence-electron chi connectivity index (χ2n) is 7.24. The molecule has 4 rings (SSSR count). The summed E-state index contributed by atoms with van der Waals surface area (Å²) >= 11 is 0. The zero-order valence-corrected chi connectivity index (χ0v) is 15.4. The van der Waals surface area contributed by atoms with Gasteiger partial charge in [-0.1, -0.05) is 0 Å². The fraction of sp³-hybridized carbons (Fsp3) is 0.333. The fourth-order valence-corrected chi connectivity index (χ4v) is 3.96. The molecular formula is C21H20F3N3O. The fourth-order valence-electron chi connectivity index (χ4n) is 3.96. The van der Waals surface area contributed by atoms with Crippen molar-refractivity contribution < 1.29 is 18.0 Å². The zero-order chi connectivity index (χ0) is 19.9. The van der Waals surface area contributed by atoms with Gasteiger partial charge in [0.25, 0.3) is 5.91 Å². The van der Waals surface area contributed by atoms with Crippen molar-refractivity contribution in [2.45, 2.75) is 31.9 Å². The number of aromatic amines is 1. The van der Waals surface area contributed by atoms with Gasteiger partial charge in [0.15, 0.2) is 0 Å². The standard InChI is InChI=1S/C21H20F3N3O/c1-13-11-15(21(22,23)24)4-5-16(13)20(28)27-9-6-14(7-10-27)18-12-26-19-17(18)3-2-8-25-19/h2-5,8,11-12,14H,6-7,9-10H2,1H3,(H,25,26). The Morgan fingerprint density at radius 2 is 1.96 bits per heavy atom. The summed E-state index contributed by atoms with van der Waals surface area (Å²) in [5, 5.41) is 1.10. The summed E-state index contributed by atoms with van der Waals surface area (Å²) in [6, 6.07) is 7.26. The molecule has 3 heterocycles. The van der Waals surface area contributed by atoms with Crippen LogP contribution in [0.3, 0.4) is 0 Å². The third-order valence-corrected chi connectivity index (χ3v) is 5.49. The third kappa shape index (κ3) is 3.37. The van der Waals surface area contributed by atoms with E-state index in [0.717, 1.165) is 36.0 Å². The quantitative estimate of drug-likeness (QED) is 0.679. The van der Waals surface area contributed by atoms with Crippen molar-refractivity contribution in [2.75, 3.05) is 13.1 Å². The first-order chi connectivity index (χ1) is 13.3. The van der Waals surface area contributed by atoms with Gasteiger partial charge in [0.2, 0.25) is 0 Å². The molecule has 1 N–H and O–H groups in total. The average Bonchev–Trinajstić information content (AvgIpc) is 3.11. The molecule has 0 bridgehead atoms. The summed E-state index contributed by atoms with van der Waals surface area (Å²) < 4.78 is 38.5. The molecule has 1 amide bonds. The number of aryl methyl sites for hydroxylation is 1. The minimum atomic E-state index is -4.40. The molecule has 4 nitrogen and oxygen atoms in total. The molecule has 0 aliphatic carbocycles. The van der Waals surface area contributed by atoms with Crippen molar-refractivity contribution in [1.29, 1.82) is 0 Å². The number of nitrogens with zero attached hydrogens (tertiary/aromatic N) is 2. The number of benzene rings is 1. The van der Waals surface area contributed by atoms with E-state index < -0.39 is 11.7 Å². The van der Waals surface area contributed by atoms with Crippen LogP contribution in [0.25, 0.3) is 11.0 Å². The number of halogens is 3. The Hall–Kier alpha value is -2.83. The minimum Gasteiger partial charge on any atom is -0.346 e. The monoisotopic (exact) mass is 387 g/mol. The van der Waals surface area contributed by atoms with Crippen LogP contribution in [-0.4, -0.2) is 33.9 Å². The largest absolute Gasteiger partial charge is 0.416 e. The Balaban J connectivity index is 1.47. The molecule has 0 radical (unpaired) electrons. The lowest BCUT2D eigenvalue weighted by molar-refractivity contribution is -0.137. The number of carbonyl (C=O) groups is 1. The number of carbonyl (C=O) groups excluding carboxylic acids is 1. The Labute approximate surface area is 160 Å². The van der Waals surface area contributed by atoms with Gasteiger partial charge in [0.1, 0.15) is 5.65 Å². The second-order valence-corrected chi connectivity index (χ2v) is 7.24. The smallest absolute Gasteiger partial charge is 0.346 e. The van der Waals surface area contributed by atoms with Gasteiger partial charge in [-0.05, 0) is 67.1 Å². The normalized spacial score (nSPS) is 15.9. The number of fused-ring (bicyclic) bond motifs is 1. The molecule has 3 aromatic rings. The number of hydrogen-bond acceptors (Lipinski definition) is 2. The maximum absolute atomic E-state index is 12.8. The predicted molar refractivity (Wildman–Crippen MR) is 100 cm³/mol. The van der Waals surface area contributed by atoms with Crippen LogP contribution in [0.2, 0.25) is 0 Å².